The maximum atomic E-state index is 13.2. The van der Waals surface area contributed by atoms with Crippen molar-refractivity contribution < 1.29 is 35.2 Å². The zero-order chi connectivity index (χ0) is 27.9. The zero-order valence-electron chi connectivity index (χ0n) is 20.0. The third-order valence-electron chi connectivity index (χ3n) is 5.74. The molecule has 0 saturated carbocycles. The van der Waals surface area contributed by atoms with Gasteiger partial charge in [0, 0.05) is 11.8 Å². The molecule has 0 bridgehead atoms. The lowest BCUT2D eigenvalue weighted by Gasteiger charge is -2.38. The molecule has 1 fully saturated rings. The fourth-order valence-corrected chi connectivity index (χ4v) is 6.72. The van der Waals surface area contributed by atoms with Crippen LogP contribution in [-0.4, -0.2) is 68.4 Å². The van der Waals surface area contributed by atoms with Crippen molar-refractivity contribution in [2.45, 2.75) is 17.7 Å². The van der Waals surface area contributed by atoms with Crippen molar-refractivity contribution in [3.63, 3.8) is 0 Å². The van der Waals surface area contributed by atoms with Gasteiger partial charge in [0.05, 0.1) is 29.9 Å². The van der Waals surface area contributed by atoms with E-state index in [2.05, 4.69) is 20.6 Å². The van der Waals surface area contributed by atoms with Crippen LogP contribution in [0.15, 0.2) is 46.9 Å². The van der Waals surface area contributed by atoms with Crippen molar-refractivity contribution in [2.75, 3.05) is 19.3 Å². The van der Waals surface area contributed by atoms with Gasteiger partial charge in [-0.1, -0.05) is 18.2 Å². The summed E-state index contributed by atoms with van der Waals surface area (Å²) in [6, 6.07) is 11.9. The van der Waals surface area contributed by atoms with Crippen LogP contribution in [0.3, 0.4) is 0 Å². The number of carbonyl (C=O) groups excluding carboxylic acids is 1. The summed E-state index contributed by atoms with van der Waals surface area (Å²) in [5, 5.41) is 6.47. The number of likely N-dealkylation sites (tertiary alicyclic amines) is 1. The fraction of sp³-hybridized carbons (Fsp3) is 0.273. The first-order valence-corrected chi connectivity index (χ1v) is 15.1. The second kappa shape index (κ2) is 10.4. The highest BCUT2D eigenvalue weighted by molar-refractivity contribution is 7.91. The Morgan fingerprint density at radius 2 is 1.97 bits per heavy atom. The number of aromatic nitrogens is 3. The van der Waals surface area contributed by atoms with Gasteiger partial charge in [0.1, 0.15) is 5.01 Å². The molecule has 3 N–H and O–H groups in total. The Bertz CT molecular complexity index is 1680. The molecule has 1 aliphatic rings. The maximum Gasteiger partial charge on any atom is 0.282 e. The van der Waals surface area contributed by atoms with Crippen molar-refractivity contribution in [1.82, 2.24) is 30.3 Å². The predicted molar refractivity (Wildman–Crippen MR) is 138 cm³/mol. The lowest BCUT2D eigenvalue weighted by molar-refractivity contribution is -0.113. The number of nitrogens with zero attached hydrogens (tertiary/aromatic N) is 4. The van der Waals surface area contributed by atoms with E-state index in [0.29, 0.717) is 15.8 Å². The van der Waals surface area contributed by atoms with Crippen molar-refractivity contribution in [2.24, 2.45) is 0 Å². The molecule has 2 atom stereocenters. The molecule has 1 aliphatic heterocycles. The van der Waals surface area contributed by atoms with Crippen molar-refractivity contribution >= 4 is 48.6 Å². The fourth-order valence-electron chi connectivity index (χ4n) is 3.99. The third kappa shape index (κ3) is 6.02. The molecule has 1 amide bonds. The zero-order valence-corrected chi connectivity index (χ0v) is 22.4. The smallest absolute Gasteiger partial charge is 0.282 e. The summed E-state index contributed by atoms with van der Waals surface area (Å²) >= 11 is -1.20. The van der Waals surface area contributed by atoms with Gasteiger partial charge in [-0.15, -0.1) is 21.5 Å². The Kier molecular flexibility index (Phi) is 7.29. The molecular weight excluding hydrogens is 578 g/mol. The van der Waals surface area contributed by atoms with Gasteiger partial charge in [0.25, 0.3) is 11.8 Å². The molecule has 2 aromatic carbocycles. The van der Waals surface area contributed by atoms with Gasteiger partial charge in [-0.2, -0.15) is 4.83 Å². The highest BCUT2D eigenvalue weighted by Gasteiger charge is 2.46. The summed E-state index contributed by atoms with van der Waals surface area (Å²) in [5.41, 5.74) is 4.59. The molecule has 0 aliphatic carbocycles. The van der Waals surface area contributed by atoms with Gasteiger partial charge in [-0.3, -0.25) is 9.35 Å². The number of fused-ring (bicyclic) bond motifs is 1. The van der Waals surface area contributed by atoms with Gasteiger partial charge in [0.2, 0.25) is 23.0 Å². The highest BCUT2D eigenvalue weighted by Crippen LogP contribution is 2.36. The molecule has 4 aromatic rings. The number of hydrazine groups is 1. The number of alkyl halides is 2. The van der Waals surface area contributed by atoms with Crippen molar-refractivity contribution in [1.29, 1.82) is 0 Å². The van der Waals surface area contributed by atoms with E-state index in [1.807, 2.05) is 4.83 Å². The molecule has 12 nitrogen and oxygen atoms in total. The number of halogens is 2. The minimum absolute atomic E-state index is 0.0172. The standard InChI is InChI=1S/C22H20F2N6O6S3/c1-39(34,35)18(19-28-27-17(36-19)9-25-29-38(32)33)20-26-15-6-5-13(8-16(15)37-20)12-3-2-4-14(7-12)21(31)30-10-22(23,24)11-30/h2-8,18,25,29H,9-11H2,1H3,(H,32,33). The van der Waals surface area contributed by atoms with Crippen LogP contribution in [0.4, 0.5) is 8.78 Å². The summed E-state index contributed by atoms with van der Waals surface area (Å²) in [6.07, 6.45) is 1.02. The number of benzene rings is 2. The van der Waals surface area contributed by atoms with Crippen LogP contribution in [0, 0.1) is 0 Å². The molecule has 0 radical (unpaired) electrons. The minimum Gasteiger partial charge on any atom is -0.422 e. The van der Waals surface area contributed by atoms with Gasteiger partial charge < -0.3 is 9.32 Å². The summed E-state index contributed by atoms with van der Waals surface area (Å²) in [6.45, 7) is -1.35. The van der Waals surface area contributed by atoms with E-state index < -0.39 is 51.3 Å². The average Bonchev–Trinajstić information content (AvgIpc) is 3.47. The Morgan fingerprint density at radius 3 is 2.67 bits per heavy atom. The van der Waals surface area contributed by atoms with Crippen LogP contribution < -0.4 is 10.3 Å². The van der Waals surface area contributed by atoms with Crippen molar-refractivity contribution in [3.8, 4) is 11.1 Å². The molecule has 3 heterocycles. The molecule has 1 saturated heterocycles. The number of sulfone groups is 1. The van der Waals surface area contributed by atoms with Crippen molar-refractivity contribution in [3.05, 3.63) is 64.8 Å². The Balaban J connectivity index is 1.41. The first-order valence-electron chi connectivity index (χ1n) is 11.2. The van der Waals surface area contributed by atoms with E-state index in [0.717, 1.165) is 28.1 Å². The number of thiazole rings is 1. The summed E-state index contributed by atoms with van der Waals surface area (Å²) in [5.74, 6) is -3.56. The largest absolute Gasteiger partial charge is 0.422 e. The molecule has 0 spiro atoms. The normalized spacial score (nSPS) is 16.7. The Morgan fingerprint density at radius 1 is 1.23 bits per heavy atom. The van der Waals surface area contributed by atoms with E-state index >= 15 is 0 Å². The molecule has 2 unspecified atom stereocenters. The van der Waals surface area contributed by atoms with Crippen LogP contribution in [0.5, 0.6) is 0 Å². The van der Waals surface area contributed by atoms with E-state index in [-0.39, 0.29) is 28.9 Å². The lowest BCUT2D eigenvalue weighted by atomic mass is 10.0. The van der Waals surface area contributed by atoms with Crippen LogP contribution in [0.1, 0.15) is 32.4 Å². The maximum absolute atomic E-state index is 13.2. The first-order chi connectivity index (χ1) is 18.4. The lowest BCUT2D eigenvalue weighted by Crippen LogP contribution is -2.58. The second-order valence-electron chi connectivity index (χ2n) is 8.78. The minimum atomic E-state index is -3.80. The van der Waals surface area contributed by atoms with Gasteiger partial charge in [-0.05, 0) is 35.4 Å². The summed E-state index contributed by atoms with van der Waals surface area (Å²) in [7, 11) is -3.80. The molecule has 17 heteroatoms. The summed E-state index contributed by atoms with van der Waals surface area (Å²) < 4.78 is 77.3. The molecule has 206 valence electrons. The first kappa shape index (κ1) is 27.4. The molecule has 5 rings (SSSR count). The third-order valence-corrected chi connectivity index (χ3v) is 8.57. The number of hydrogen-bond acceptors (Lipinski definition) is 10. The molecule has 39 heavy (non-hydrogen) atoms. The molecule has 2 aromatic heterocycles. The van der Waals surface area contributed by atoms with Gasteiger partial charge in [-0.25, -0.2) is 31.8 Å². The van der Waals surface area contributed by atoms with Gasteiger partial charge in [0.15, 0.2) is 15.1 Å². The Labute approximate surface area is 226 Å². The Hall–Kier alpha value is -3.22. The van der Waals surface area contributed by atoms with E-state index in [4.69, 9.17) is 8.97 Å². The number of rotatable bonds is 9. The second-order valence-corrected chi connectivity index (χ2v) is 12.7. The van der Waals surface area contributed by atoms with E-state index in [9.17, 15) is 26.2 Å². The number of hydrogen-bond donors (Lipinski definition) is 3. The topological polar surface area (TPSA) is 168 Å². The van der Waals surface area contributed by atoms with Gasteiger partial charge >= 0.3 is 0 Å². The predicted octanol–water partition coefficient (Wildman–Crippen LogP) is 2.30. The summed E-state index contributed by atoms with van der Waals surface area (Å²) in [4.78, 5) is 20.2. The number of amides is 1. The van der Waals surface area contributed by atoms with Crippen LogP contribution >= 0.6 is 11.3 Å². The van der Waals surface area contributed by atoms with Crippen LogP contribution in [0.2, 0.25) is 0 Å². The SMILES string of the molecule is CS(=O)(=O)C(c1nnc(CNNS(=O)O)o1)c1nc2ccc(-c3cccc(C(=O)N4CC(F)(F)C4)c3)cc2s1. The quantitative estimate of drug-likeness (QED) is 0.192. The number of carbonyl (C=O) groups is 1. The molecular formula is C22H20F2N6O6S3. The van der Waals surface area contributed by atoms with Crippen LogP contribution in [0.25, 0.3) is 21.3 Å². The number of nitrogens with one attached hydrogen (secondary N) is 2. The van der Waals surface area contributed by atoms with E-state index in [1.54, 1.807) is 42.5 Å². The van der Waals surface area contributed by atoms with Crippen LogP contribution in [-0.2, 0) is 27.6 Å². The highest BCUT2D eigenvalue weighted by atomic mass is 32.2. The average molecular weight is 599 g/mol. The monoisotopic (exact) mass is 598 g/mol. The van der Waals surface area contributed by atoms with E-state index in [1.165, 1.54) is 0 Å².